The Balaban J connectivity index is 2.33. The lowest BCUT2D eigenvalue weighted by atomic mass is 10.1. The van der Waals surface area contributed by atoms with Gasteiger partial charge in [-0.25, -0.2) is 0 Å². The number of thiophene rings is 2. The zero-order valence-electron chi connectivity index (χ0n) is 7.53. The van der Waals surface area contributed by atoms with Crippen LogP contribution in [0.1, 0.15) is 21.4 Å². The first-order chi connectivity index (χ1) is 6.68. The van der Waals surface area contributed by atoms with Crippen molar-refractivity contribution in [3.05, 3.63) is 42.7 Å². The SMILES string of the molecule is Cc1cc(C(O)c2sccc2Br)cs1. The molecule has 0 saturated carbocycles. The largest absolute Gasteiger partial charge is 0.383 e. The van der Waals surface area contributed by atoms with E-state index >= 15 is 0 Å². The molecule has 74 valence electrons. The van der Waals surface area contributed by atoms with Gasteiger partial charge < -0.3 is 5.11 Å². The number of hydrogen-bond acceptors (Lipinski definition) is 3. The van der Waals surface area contributed by atoms with Crippen molar-refractivity contribution in [2.45, 2.75) is 13.0 Å². The molecule has 0 saturated heterocycles. The molecule has 0 amide bonds. The summed E-state index contributed by atoms with van der Waals surface area (Å²) in [7, 11) is 0. The Kier molecular flexibility index (Phi) is 3.07. The third-order valence-electron chi connectivity index (χ3n) is 1.96. The maximum atomic E-state index is 10.1. The van der Waals surface area contributed by atoms with E-state index in [1.807, 2.05) is 29.8 Å². The summed E-state index contributed by atoms with van der Waals surface area (Å²) in [5, 5.41) is 14.0. The summed E-state index contributed by atoms with van der Waals surface area (Å²) in [5.41, 5.74) is 0.982. The highest BCUT2D eigenvalue weighted by molar-refractivity contribution is 9.10. The molecule has 0 aliphatic heterocycles. The molecule has 2 aromatic heterocycles. The second-order valence-corrected chi connectivity index (χ2v) is 5.94. The van der Waals surface area contributed by atoms with Crippen LogP contribution >= 0.6 is 38.6 Å². The highest BCUT2D eigenvalue weighted by Crippen LogP contribution is 2.34. The summed E-state index contributed by atoms with van der Waals surface area (Å²) in [6, 6.07) is 3.99. The van der Waals surface area contributed by atoms with Gasteiger partial charge in [-0.1, -0.05) is 0 Å². The van der Waals surface area contributed by atoms with E-state index in [0.717, 1.165) is 14.9 Å². The maximum Gasteiger partial charge on any atom is 0.115 e. The van der Waals surface area contributed by atoms with Crippen molar-refractivity contribution in [2.75, 3.05) is 0 Å². The Bertz CT molecular complexity index is 433. The summed E-state index contributed by atoms with van der Waals surface area (Å²) in [6.07, 6.45) is -0.491. The molecule has 0 bridgehead atoms. The van der Waals surface area contributed by atoms with E-state index in [2.05, 4.69) is 15.9 Å². The van der Waals surface area contributed by atoms with Crippen LogP contribution in [0.25, 0.3) is 0 Å². The summed E-state index contributed by atoms with van der Waals surface area (Å²) >= 11 is 6.66. The van der Waals surface area contributed by atoms with Gasteiger partial charge in [0.1, 0.15) is 6.10 Å². The molecule has 14 heavy (non-hydrogen) atoms. The normalized spacial score (nSPS) is 13.1. The van der Waals surface area contributed by atoms with Crippen molar-refractivity contribution in [2.24, 2.45) is 0 Å². The highest BCUT2D eigenvalue weighted by atomic mass is 79.9. The van der Waals surface area contributed by atoms with Gasteiger partial charge in [-0.3, -0.25) is 0 Å². The summed E-state index contributed by atoms with van der Waals surface area (Å²) < 4.78 is 0.985. The molecule has 1 unspecified atom stereocenters. The van der Waals surface area contributed by atoms with Crippen LogP contribution in [-0.2, 0) is 0 Å². The van der Waals surface area contributed by atoms with E-state index < -0.39 is 6.10 Å². The molecule has 0 aliphatic rings. The summed E-state index contributed by atoms with van der Waals surface area (Å²) in [5.74, 6) is 0. The van der Waals surface area contributed by atoms with Crippen molar-refractivity contribution in [1.82, 2.24) is 0 Å². The molecule has 0 fully saturated rings. The average molecular weight is 289 g/mol. The third-order valence-corrected chi connectivity index (χ3v) is 4.76. The first-order valence-electron chi connectivity index (χ1n) is 4.14. The number of aliphatic hydroxyl groups is 1. The quantitative estimate of drug-likeness (QED) is 0.887. The van der Waals surface area contributed by atoms with Crippen LogP contribution in [0.5, 0.6) is 0 Å². The number of rotatable bonds is 2. The van der Waals surface area contributed by atoms with Gasteiger partial charge in [-0.2, -0.15) is 0 Å². The molecule has 1 atom stereocenters. The van der Waals surface area contributed by atoms with Gasteiger partial charge in [0.25, 0.3) is 0 Å². The van der Waals surface area contributed by atoms with Crippen LogP contribution in [0.4, 0.5) is 0 Å². The van der Waals surface area contributed by atoms with Crippen molar-refractivity contribution < 1.29 is 5.11 Å². The van der Waals surface area contributed by atoms with Crippen LogP contribution in [0.3, 0.4) is 0 Å². The van der Waals surface area contributed by atoms with Gasteiger partial charge in [-0.05, 0) is 51.3 Å². The Labute approximate surface area is 99.2 Å². The molecule has 0 radical (unpaired) electrons. The molecule has 4 heteroatoms. The van der Waals surface area contributed by atoms with Crippen molar-refractivity contribution in [3.8, 4) is 0 Å². The van der Waals surface area contributed by atoms with Gasteiger partial charge in [0.15, 0.2) is 0 Å². The smallest absolute Gasteiger partial charge is 0.115 e. The Morgan fingerprint density at radius 3 is 2.71 bits per heavy atom. The zero-order chi connectivity index (χ0) is 10.1. The first kappa shape index (κ1) is 10.4. The molecule has 2 heterocycles. The van der Waals surface area contributed by atoms with Crippen LogP contribution < -0.4 is 0 Å². The lowest BCUT2D eigenvalue weighted by Gasteiger charge is -2.06. The topological polar surface area (TPSA) is 20.2 Å². The fourth-order valence-electron chi connectivity index (χ4n) is 1.26. The van der Waals surface area contributed by atoms with E-state index in [9.17, 15) is 5.11 Å². The first-order valence-corrected chi connectivity index (χ1v) is 6.69. The van der Waals surface area contributed by atoms with Gasteiger partial charge in [0.05, 0.1) is 4.88 Å². The lowest BCUT2D eigenvalue weighted by molar-refractivity contribution is 0.224. The molecule has 0 aliphatic carbocycles. The summed E-state index contributed by atoms with van der Waals surface area (Å²) in [6.45, 7) is 2.05. The average Bonchev–Trinajstić information content (AvgIpc) is 2.73. The molecular formula is C10H9BrOS2. The van der Waals surface area contributed by atoms with Crippen LogP contribution in [-0.4, -0.2) is 5.11 Å². The molecule has 2 aromatic rings. The molecular weight excluding hydrogens is 280 g/mol. The maximum absolute atomic E-state index is 10.1. The van der Waals surface area contributed by atoms with Crippen LogP contribution in [0.15, 0.2) is 27.4 Å². The van der Waals surface area contributed by atoms with Crippen LogP contribution in [0.2, 0.25) is 0 Å². The predicted molar refractivity (Wildman–Crippen MR) is 65.1 cm³/mol. The molecule has 2 rings (SSSR count). The lowest BCUT2D eigenvalue weighted by Crippen LogP contribution is -1.95. The van der Waals surface area contributed by atoms with Gasteiger partial charge in [0.2, 0.25) is 0 Å². The minimum Gasteiger partial charge on any atom is -0.383 e. The van der Waals surface area contributed by atoms with Crippen LogP contribution in [0, 0.1) is 6.92 Å². The number of halogens is 1. The molecule has 0 aromatic carbocycles. The van der Waals surface area contributed by atoms with E-state index in [1.54, 1.807) is 22.7 Å². The standard InChI is InChI=1S/C10H9BrOS2/c1-6-4-7(5-14-6)9(12)10-8(11)2-3-13-10/h2-5,9,12H,1H3. The zero-order valence-corrected chi connectivity index (χ0v) is 10.7. The molecule has 1 nitrogen and oxygen atoms in total. The van der Waals surface area contributed by atoms with E-state index in [0.29, 0.717) is 0 Å². The Morgan fingerprint density at radius 1 is 1.43 bits per heavy atom. The predicted octanol–water partition coefficient (Wildman–Crippen LogP) is 3.96. The fraction of sp³-hybridized carbons (Fsp3) is 0.200. The van der Waals surface area contributed by atoms with E-state index in [4.69, 9.17) is 0 Å². The van der Waals surface area contributed by atoms with Gasteiger partial charge in [-0.15, -0.1) is 22.7 Å². The van der Waals surface area contributed by atoms with E-state index in [-0.39, 0.29) is 0 Å². The van der Waals surface area contributed by atoms with Crippen molar-refractivity contribution in [1.29, 1.82) is 0 Å². The molecule has 1 N–H and O–H groups in total. The number of aryl methyl sites for hydroxylation is 1. The fourth-order valence-corrected chi connectivity index (χ4v) is 3.58. The number of aliphatic hydroxyl groups excluding tert-OH is 1. The monoisotopic (exact) mass is 288 g/mol. The third kappa shape index (κ3) is 1.93. The molecule has 0 spiro atoms. The van der Waals surface area contributed by atoms with Crippen molar-refractivity contribution >= 4 is 38.6 Å². The highest BCUT2D eigenvalue weighted by Gasteiger charge is 2.15. The van der Waals surface area contributed by atoms with Gasteiger partial charge >= 0.3 is 0 Å². The second kappa shape index (κ2) is 4.14. The number of hydrogen-bond donors (Lipinski definition) is 1. The Morgan fingerprint density at radius 2 is 2.21 bits per heavy atom. The second-order valence-electron chi connectivity index (χ2n) is 3.03. The van der Waals surface area contributed by atoms with Crippen molar-refractivity contribution in [3.63, 3.8) is 0 Å². The van der Waals surface area contributed by atoms with E-state index in [1.165, 1.54) is 4.88 Å². The Hall–Kier alpha value is -0.160. The minimum absolute atomic E-state index is 0.491. The van der Waals surface area contributed by atoms with Gasteiger partial charge in [0, 0.05) is 9.35 Å². The minimum atomic E-state index is -0.491. The summed E-state index contributed by atoms with van der Waals surface area (Å²) in [4.78, 5) is 2.20.